The van der Waals surface area contributed by atoms with Crippen molar-refractivity contribution in [3.8, 4) is 6.07 Å². The minimum Gasteiger partial charge on any atom is -0.358 e. The van der Waals surface area contributed by atoms with Gasteiger partial charge in [0.25, 0.3) is 0 Å². The summed E-state index contributed by atoms with van der Waals surface area (Å²) in [5, 5.41) is 11.4. The first-order valence-corrected chi connectivity index (χ1v) is 5.24. The summed E-state index contributed by atoms with van der Waals surface area (Å²) in [7, 11) is 1.65. The number of piperazine rings is 1. The molecule has 1 fully saturated rings. The molecule has 0 spiro atoms. The second-order valence-electron chi connectivity index (χ2n) is 3.79. The molecule has 1 aliphatic rings. The highest BCUT2D eigenvalue weighted by Gasteiger charge is 2.21. The Morgan fingerprint density at radius 1 is 1.47 bits per heavy atom. The molecular formula is C10H18N4O. The third-order valence-electron chi connectivity index (χ3n) is 2.79. The van der Waals surface area contributed by atoms with Gasteiger partial charge >= 0.3 is 0 Å². The number of likely N-dealkylation sites (N-methyl/N-ethyl adjacent to an activating group) is 1. The van der Waals surface area contributed by atoms with E-state index < -0.39 is 0 Å². The summed E-state index contributed by atoms with van der Waals surface area (Å²) in [6.07, 6.45) is 0. The zero-order valence-electron chi connectivity index (χ0n) is 9.36. The van der Waals surface area contributed by atoms with Gasteiger partial charge in [-0.05, 0) is 6.92 Å². The number of nitrogens with zero attached hydrogens (tertiary/aromatic N) is 3. The molecule has 1 N–H and O–H groups in total. The zero-order chi connectivity index (χ0) is 11.3. The summed E-state index contributed by atoms with van der Waals surface area (Å²) >= 11 is 0. The lowest BCUT2D eigenvalue weighted by Crippen LogP contribution is -2.51. The summed E-state index contributed by atoms with van der Waals surface area (Å²) in [6.45, 7) is 5.83. The minimum absolute atomic E-state index is 0.0212. The molecule has 84 valence electrons. The summed E-state index contributed by atoms with van der Waals surface area (Å²) in [4.78, 5) is 15.4. The Hall–Kier alpha value is -1.12. The molecule has 5 nitrogen and oxygen atoms in total. The predicted octanol–water partition coefficient (Wildman–Crippen LogP) is -0.738. The van der Waals surface area contributed by atoms with Crippen molar-refractivity contribution in [3.05, 3.63) is 0 Å². The van der Waals surface area contributed by atoms with Crippen LogP contribution in [0.5, 0.6) is 0 Å². The Kier molecular flexibility index (Phi) is 4.53. The van der Waals surface area contributed by atoms with E-state index in [0.29, 0.717) is 6.54 Å². The monoisotopic (exact) mass is 210 g/mol. The fourth-order valence-corrected chi connectivity index (χ4v) is 1.67. The van der Waals surface area contributed by atoms with Gasteiger partial charge in [-0.3, -0.25) is 14.6 Å². The molecule has 0 radical (unpaired) electrons. The van der Waals surface area contributed by atoms with E-state index in [-0.39, 0.29) is 11.9 Å². The van der Waals surface area contributed by atoms with E-state index >= 15 is 0 Å². The van der Waals surface area contributed by atoms with Gasteiger partial charge in [-0.15, -0.1) is 0 Å². The molecule has 0 aromatic rings. The fourth-order valence-electron chi connectivity index (χ4n) is 1.67. The highest BCUT2D eigenvalue weighted by Crippen LogP contribution is 2.04. The average molecular weight is 210 g/mol. The summed E-state index contributed by atoms with van der Waals surface area (Å²) in [6, 6.07) is 2.21. The Bertz CT molecular complexity index is 253. The minimum atomic E-state index is -0.0212. The average Bonchev–Trinajstić information content (AvgIpc) is 2.29. The molecule has 1 aliphatic heterocycles. The van der Waals surface area contributed by atoms with Crippen LogP contribution in [0.1, 0.15) is 6.92 Å². The largest absolute Gasteiger partial charge is 0.358 e. The van der Waals surface area contributed by atoms with Gasteiger partial charge < -0.3 is 5.32 Å². The molecule has 0 bridgehead atoms. The van der Waals surface area contributed by atoms with Crippen molar-refractivity contribution >= 4 is 5.91 Å². The van der Waals surface area contributed by atoms with E-state index in [9.17, 15) is 4.79 Å². The SMILES string of the molecule is CNC(=O)CN1CCN(C(C)C#N)CC1. The van der Waals surface area contributed by atoms with E-state index in [1.54, 1.807) is 7.05 Å². The maximum absolute atomic E-state index is 11.1. The highest BCUT2D eigenvalue weighted by molar-refractivity contribution is 5.77. The van der Waals surface area contributed by atoms with Gasteiger partial charge in [0.05, 0.1) is 18.7 Å². The van der Waals surface area contributed by atoms with Crippen molar-refractivity contribution in [1.82, 2.24) is 15.1 Å². The fraction of sp³-hybridized carbons (Fsp3) is 0.800. The van der Waals surface area contributed by atoms with Crippen LogP contribution in [0.4, 0.5) is 0 Å². The predicted molar refractivity (Wildman–Crippen MR) is 57.2 cm³/mol. The molecule has 0 saturated carbocycles. The van der Waals surface area contributed by atoms with Crippen molar-refractivity contribution in [1.29, 1.82) is 5.26 Å². The quantitative estimate of drug-likeness (QED) is 0.666. The molecule has 15 heavy (non-hydrogen) atoms. The number of nitrogens with one attached hydrogen (secondary N) is 1. The van der Waals surface area contributed by atoms with Crippen LogP contribution in [0.25, 0.3) is 0 Å². The molecule has 0 aliphatic carbocycles. The van der Waals surface area contributed by atoms with Crippen molar-refractivity contribution in [2.24, 2.45) is 0 Å². The molecule has 0 aromatic heterocycles. The number of nitriles is 1. The van der Waals surface area contributed by atoms with Gasteiger partial charge in [0.1, 0.15) is 0 Å². The maximum Gasteiger partial charge on any atom is 0.233 e. The van der Waals surface area contributed by atoms with Crippen LogP contribution >= 0.6 is 0 Å². The van der Waals surface area contributed by atoms with Crippen LogP contribution in [-0.4, -0.2) is 61.5 Å². The Balaban J connectivity index is 2.30. The Labute approximate surface area is 90.6 Å². The van der Waals surface area contributed by atoms with Crippen LogP contribution in [-0.2, 0) is 4.79 Å². The highest BCUT2D eigenvalue weighted by atomic mass is 16.1. The third kappa shape index (κ3) is 3.50. The molecule has 5 heteroatoms. The van der Waals surface area contributed by atoms with E-state index in [2.05, 4.69) is 21.2 Å². The van der Waals surface area contributed by atoms with Crippen molar-refractivity contribution in [2.75, 3.05) is 39.8 Å². The number of rotatable bonds is 3. The summed E-state index contributed by atoms with van der Waals surface area (Å²) in [5.74, 6) is 0.0526. The van der Waals surface area contributed by atoms with Crippen molar-refractivity contribution < 1.29 is 4.79 Å². The molecule has 1 atom stereocenters. The van der Waals surface area contributed by atoms with E-state index in [0.717, 1.165) is 26.2 Å². The van der Waals surface area contributed by atoms with Gasteiger partial charge in [-0.2, -0.15) is 5.26 Å². The van der Waals surface area contributed by atoms with Crippen LogP contribution in [0.15, 0.2) is 0 Å². The van der Waals surface area contributed by atoms with E-state index in [1.165, 1.54) is 0 Å². The lowest BCUT2D eigenvalue weighted by atomic mass is 10.2. The third-order valence-corrected chi connectivity index (χ3v) is 2.79. The smallest absolute Gasteiger partial charge is 0.233 e. The van der Waals surface area contributed by atoms with Crippen LogP contribution in [0, 0.1) is 11.3 Å². The first-order valence-electron chi connectivity index (χ1n) is 5.24. The first-order chi connectivity index (χ1) is 7.17. The number of carbonyl (C=O) groups excluding carboxylic acids is 1. The van der Waals surface area contributed by atoms with Crippen molar-refractivity contribution in [3.63, 3.8) is 0 Å². The normalized spacial score (nSPS) is 20.6. The van der Waals surface area contributed by atoms with E-state index in [1.807, 2.05) is 6.92 Å². The van der Waals surface area contributed by atoms with Gasteiger partial charge in [0.15, 0.2) is 0 Å². The number of hydrogen-bond donors (Lipinski definition) is 1. The number of carbonyl (C=O) groups is 1. The van der Waals surface area contributed by atoms with Gasteiger partial charge in [-0.25, -0.2) is 0 Å². The van der Waals surface area contributed by atoms with Gasteiger partial charge in [0.2, 0.25) is 5.91 Å². The molecule has 1 saturated heterocycles. The second-order valence-corrected chi connectivity index (χ2v) is 3.79. The van der Waals surface area contributed by atoms with Crippen LogP contribution < -0.4 is 5.32 Å². The van der Waals surface area contributed by atoms with Gasteiger partial charge in [0, 0.05) is 33.2 Å². The maximum atomic E-state index is 11.1. The summed E-state index contributed by atoms with van der Waals surface area (Å²) in [5.41, 5.74) is 0. The number of amides is 1. The van der Waals surface area contributed by atoms with Crippen molar-refractivity contribution in [2.45, 2.75) is 13.0 Å². The lowest BCUT2D eigenvalue weighted by Gasteiger charge is -2.35. The molecule has 0 aromatic carbocycles. The molecule has 1 heterocycles. The van der Waals surface area contributed by atoms with E-state index in [4.69, 9.17) is 5.26 Å². The topological polar surface area (TPSA) is 59.4 Å². The molecular weight excluding hydrogens is 192 g/mol. The zero-order valence-corrected chi connectivity index (χ0v) is 9.36. The molecule has 1 unspecified atom stereocenters. The van der Waals surface area contributed by atoms with Gasteiger partial charge in [-0.1, -0.05) is 0 Å². The Morgan fingerprint density at radius 2 is 2.07 bits per heavy atom. The van der Waals surface area contributed by atoms with Crippen LogP contribution in [0.2, 0.25) is 0 Å². The molecule has 1 rings (SSSR count). The second kappa shape index (κ2) is 5.69. The lowest BCUT2D eigenvalue weighted by molar-refractivity contribution is -0.122. The van der Waals surface area contributed by atoms with Crippen LogP contribution in [0.3, 0.4) is 0 Å². The summed E-state index contributed by atoms with van der Waals surface area (Å²) < 4.78 is 0. The molecule has 1 amide bonds. The Morgan fingerprint density at radius 3 is 2.53 bits per heavy atom. The number of hydrogen-bond acceptors (Lipinski definition) is 4. The first kappa shape index (κ1) is 12.0. The standard InChI is InChI=1S/C10H18N4O/c1-9(7-11)14-5-3-13(4-6-14)8-10(15)12-2/h9H,3-6,8H2,1-2H3,(H,12,15).